The molecule has 0 saturated heterocycles. The standard InChI is InChI=1S/C24H23N3O3S/c1-27(2)22-14-19(30-3)11-9-18(22)15-31(29)24-25-20-12-10-17(13-21(20)26-24)23(28)16-7-5-4-6-8-16/h4-14H,15H2,1-3H3,(H,25,26). The molecule has 7 heteroatoms. The highest BCUT2D eigenvalue weighted by Gasteiger charge is 2.21. The average Bonchev–Trinajstić information content (AvgIpc) is 3.23. The number of nitrogens with zero attached hydrogens (tertiary/aromatic N) is 2. The van der Waals surface area contributed by atoms with Crippen molar-refractivity contribution in [2.45, 2.75) is 10.9 Å². The molecule has 0 aliphatic heterocycles. The SMILES string of the molecule is COc1ccc(C[S+]([O-])c2nc3cc(C(=O)c4ccccc4)ccc3[nH]2)c(N(C)C)c1. The molecule has 4 aromatic rings. The van der Waals surface area contributed by atoms with E-state index in [2.05, 4.69) is 9.97 Å². The number of carbonyl (C=O) groups is 1. The molecule has 0 aliphatic carbocycles. The molecule has 6 nitrogen and oxygen atoms in total. The molecule has 0 spiro atoms. The maximum Gasteiger partial charge on any atom is 0.321 e. The molecule has 1 aromatic heterocycles. The summed E-state index contributed by atoms with van der Waals surface area (Å²) in [5.74, 6) is 0.993. The first kappa shape index (κ1) is 21.0. The lowest BCUT2D eigenvalue weighted by molar-refractivity contribution is 0.103. The summed E-state index contributed by atoms with van der Waals surface area (Å²) in [6.07, 6.45) is 0. The van der Waals surface area contributed by atoms with Crippen molar-refractivity contribution in [3.63, 3.8) is 0 Å². The van der Waals surface area contributed by atoms with Gasteiger partial charge in [-0.2, -0.15) is 4.98 Å². The zero-order chi connectivity index (χ0) is 22.0. The predicted molar refractivity (Wildman–Crippen MR) is 123 cm³/mol. The number of ketones is 1. The van der Waals surface area contributed by atoms with Gasteiger partial charge in [-0.05, 0) is 30.3 Å². The number of carbonyl (C=O) groups excluding carboxylic acids is 1. The van der Waals surface area contributed by atoms with Gasteiger partial charge in [-0.1, -0.05) is 30.3 Å². The minimum Gasteiger partial charge on any atom is -0.609 e. The summed E-state index contributed by atoms with van der Waals surface area (Å²) in [6, 6.07) is 20.1. The fourth-order valence-electron chi connectivity index (χ4n) is 3.41. The van der Waals surface area contributed by atoms with Crippen LogP contribution in [0.4, 0.5) is 5.69 Å². The lowest BCUT2D eigenvalue weighted by Crippen LogP contribution is -2.14. The van der Waals surface area contributed by atoms with Crippen LogP contribution in [-0.4, -0.2) is 41.5 Å². The van der Waals surface area contributed by atoms with Gasteiger partial charge in [-0.15, -0.1) is 0 Å². The number of benzene rings is 3. The third-order valence-corrected chi connectivity index (χ3v) is 6.23. The number of methoxy groups -OCH3 is 1. The molecule has 1 atom stereocenters. The third kappa shape index (κ3) is 4.42. The number of hydrogen-bond donors (Lipinski definition) is 1. The van der Waals surface area contributed by atoms with E-state index in [0.29, 0.717) is 27.6 Å². The number of rotatable bonds is 7. The number of ether oxygens (including phenoxy) is 1. The highest BCUT2D eigenvalue weighted by atomic mass is 32.2. The van der Waals surface area contributed by atoms with Gasteiger partial charge in [0.25, 0.3) is 0 Å². The van der Waals surface area contributed by atoms with Crippen molar-refractivity contribution in [1.29, 1.82) is 0 Å². The molecular weight excluding hydrogens is 410 g/mol. The van der Waals surface area contributed by atoms with Crippen molar-refractivity contribution in [1.82, 2.24) is 9.97 Å². The summed E-state index contributed by atoms with van der Waals surface area (Å²) in [7, 11) is 5.50. The van der Waals surface area contributed by atoms with Crippen molar-refractivity contribution in [3.8, 4) is 5.75 Å². The van der Waals surface area contributed by atoms with Gasteiger partial charge in [0.05, 0.1) is 18.1 Å². The fraction of sp³-hybridized carbons (Fsp3) is 0.167. The second-order valence-electron chi connectivity index (χ2n) is 7.35. The van der Waals surface area contributed by atoms with E-state index in [1.807, 2.05) is 55.4 Å². The van der Waals surface area contributed by atoms with E-state index in [4.69, 9.17) is 4.74 Å². The molecule has 158 valence electrons. The maximum absolute atomic E-state index is 13.1. The van der Waals surface area contributed by atoms with E-state index >= 15 is 0 Å². The maximum atomic E-state index is 13.1. The first-order chi connectivity index (χ1) is 15.0. The Labute approximate surface area is 184 Å². The van der Waals surface area contributed by atoms with E-state index in [9.17, 15) is 9.35 Å². The Kier molecular flexibility index (Phi) is 5.97. The van der Waals surface area contributed by atoms with Crippen LogP contribution in [0, 0.1) is 0 Å². The molecule has 1 unspecified atom stereocenters. The summed E-state index contributed by atoms with van der Waals surface area (Å²) in [5.41, 5.74) is 4.41. The molecule has 0 bridgehead atoms. The van der Waals surface area contributed by atoms with Crippen LogP contribution in [0.15, 0.2) is 71.9 Å². The van der Waals surface area contributed by atoms with Crippen LogP contribution in [0.3, 0.4) is 0 Å². The third-order valence-electron chi connectivity index (χ3n) is 5.04. The van der Waals surface area contributed by atoms with Crippen LogP contribution in [0.25, 0.3) is 11.0 Å². The minimum atomic E-state index is -1.37. The number of aromatic amines is 1. The summed E-state index contributed by atoms with van der Waals surface area (Å²) in [4.78, 5) is 22.3. The molecule has 0 saturated carbocycles. The average molecular weight is 434 g/mol. The van der Waals surface area contributed by atoms with Crippen LogP contribution in [-0.2, 0) is 16.9 Å². The summed E-state index contributed by atoms with van der Waals surface area (Å²) in [6.45, 7) is 0. The van der Waals surface area contributed by atoms with E-state index < -0.39 is 11.2 Å². The number of aromatic nitrogens is 2. The lowest BCUT2D eigenvalue weighted by atomic mass is 10.0. The Morgan fingerprint density at radius 1 is 1.06 bits per heavy atom. The first-order valence-electron chi connectivity index (χ1n) is 9.78. The molecule has 1 heterocycles. The zero-order valence-corrected chi connectivity index (χ0v) is 18.4. The van der Waals surface area contributed by atoms with E-state index in [-0.39, 0.29) is 5.78 Å². The van der Waals surface area contributed by atoms with Crippen molar-refractivity contribution >= 4 is 33.7 Å². The number of anilines is 1. The van der Waals surface area contributed by atoms with E-state index in [1.54, 1.807) is 37.4 Å². The van der Waals surface area contributed by atoms with Crippen LogP contribution in [0.1, 0.15) is 21.5 Å². The largest absolute Gasteiger partial charge is 0.609 e. The van der Waals surface area contributed by atoms with Gasteiger partial charge in [-0.3, -0.25) is 9.78 Å². The van der Waals surface area contributed by atoms with Crippen LogP contribution >= 0.6 is 0 Å². The Hall–Kier alpha value is -3.29. The Morgan fingerprint density at radius 2 is 1.84 bits per heavy atom. The normalized spacial score (nSPS) is 12.0. The number of H-pyrrole nitrogens is 1. The summed E-state index contributed by atoms with van der Waals surface area (Å²) < 4.78 is 18.4. The number of nitrogens with one attached hydrogen (secondary N) is 1. The van der Waals surface area contributed by atoms with Crippen molar-refractivity contribution in [3.05, 3.63) is 83.4 Å². The molecule has 0 amide bonds. The van der Waals surface area contributed by atoms with Gasteiger partial charge in [0, 0.05) is 53.7 Å². The highest BCUT2D eigenvalue weighted by Crippen LogP contribution is 2.28. The van der Waals surface area contributed by atoms with Crippen molar-refractivity contribution < 1.29 is 14.1 Å². The van der Waals surface area contributed by atoms with Gasteiger partial charge < -0.3 is 14.2 Å². The fourth-order valence-corrected chi connectivity index (χ4v) is 4.49. The summed E-state index contributed by atoms with van der Waals surface area (Å²) >= 11 is -1.37. The molecular formula is C24H23N3O3S. The summed E-state index contributed by atoms with van der Waals surface area (Å²) in [5, 5.41) is 0.389. The molecule has 4 rings (SSSR count). The second-order valence-corrected chi connectivity index (χ2v) is 8.71. The topological polar surface area (TPSA) is 81.3 Å². The molecule has 0 radical (unpaired) electrons. The Morgan fingerprint density at radius 3 is 2.55 bits per heavy atom. The van der Waals surface area contributed by atoms with Gasteiger partial charge in [0.15, 0.2) is 5.78 Å². The highest BCUT2D eigenvalue weighted by molar-refractivity contribution is 7.90. The zero-order valence-electron chi connectivity index (χ0n) is 17.6. The van der Waals surface area contributed by atoms with E-state index in [0.717, 1.165) is 22.5 Å². The van der Waals surface area contributed by atoms with Crippen LogP contribution < -0.4 is 9.64 Å². The molecule has 1 N–H and O–H groups in total. The number of imidazole rings is 1. The van der Waals surface area contributed by atoms with Gasteiger partial charge in [0.1, 0.15) is 11.5 Å². The van der Waals surface area contributed by atoms with Gasteiger partial charge in [-0.25, -0.2) is 0 Å². The molecule has 0 aliphatic rings. The van der Waals surface area contributed by atoms with Gasteiger partial charge >= 0.3 is 5.16 Å². The van der Waals surface area contributed by atoms with Gasteiger partial charge in [0.2, 0.25) is 0 Å². The van der Waals surface area contributed by atoms with Crippen molar-refractivity contribution in [2.24, 2.45) is 0 Å². The first-order valence-corrected chi connectivity index (χ1v) is 11.1. The molecule has 0 fully saturated rings. The Balaban J connectivity index is 1.60. The molecule has 31 heavy (non-hydrogen) atoms. The molecule has 3 aromatic carbocycles. The van der Waals surface area contributed by atoms with Crippen molar-refractivity contribution in [2.75, 3.05) is 26.1 Å². The Bertz CT molecular complexity index is 1220. The second kappa shape index (κ2) is 8.83. The smallest absolute Gasteiger partial charge is 0.321 e. The number of hydrogen-bond acceptors (Lipinski definition) is 5. The van der Waals surface area contributed by atoms with Crippen LogP contribution in [0.2, 0.25) is 0 Å². The predicted octanol–water partition coefficient (Wildman–Crippen LogP) is 4.18. The lowest BCUT2D eigenvalue weighted by Gasteiger charge is -2.18. The number of fused-ring (bicyclic) bond motifs is 1. The minimum absolute atomic E-state index is 0.0676. The quantitative estimate of drug-likeness (QED) is 0.349. The van der Waals surface area contributed by atoms with E-state index in [1.165, 1.54) is 0 Å². The van der Waals surface area contributed by atoms with Crippen LogP contribution in [0.5, 0.6) is 5.75 Å². The monoisotopic (exact) mass is 433 g/mol.